The minimum absolute atomic E-state index is 0.00296. The Morgan fingerprint density at radius 3 is 2.27 bits per heavy atom. The maximum Gasteiger partial charge on any atom is 0.243 e. The van der Waals surface area contributed by atoms with Crippen LogP contribution in [0.5, 0.6) is 5.75 Å². The molecule has 11 nitrogen and oxygen atoms in total. The van der Waals surface area contributed by atoms with Gasteiger partial charge >= 0.3 is 0 Å². The summed E-state index contributed by atoms with van der Waals surface area (Å²) >= 11 is 0. The second-order valence-electron chi connectivity index (χ2n) is 15.3. The van der Waals surface area contributed by atoms with E-state index in [0.29, 0.717) is 57.6 Å². The Labute approximate surface area is 302 Å². The fourth-order valence-corrected chi connectivity index (χ4v) is 10.1. The number of ether oxygens (including phenoxy) is 2. The highest BCUT2D eigenvalue weighted by atomic mass is 32.2. The minimum Gasteiger partial charge on any atom is -0.491 e. The lowest BCUT2D eigenvalue weighted by atomic mass is 9.88. The number of nitrogens with zero attached hydrogens (tertiary/aromatic N) is 1. The van der Waals surface area contributed by atoms with E-state index in [1.54, 1.807) is 34.6 Å². The Morgan fingerprint density at radius 1 is 0.922 bits per heavy atom. The van der Waals surface area contributed by atoms with E-state index in [-0.39, 0.29) is 34.5 Å². The average molecular weight is 742 g/mol. The third-order valence-electron chi connectivity index (χ3n) is 10.3. The molecule has 0 bridgehead atoms. The van der Waals surface area contributed by atoms with E-state index in [4.69, 9.17) is 9.47 Å². The molecular weight excluding hydrogens is 691 g/mol. The first-order chi connectivity index (χ1) is 24.1. The number of piperidine rings is 1. The van der Waals surface area contributed by atoms with Crippen LogP contribution in [0.4, 0.5) is 0 Å². The van der Waals surface area contributed by atoms with Gasteiger partial charge in [-0.2, -0.15) is 4.31 Å². The molecule has 3 aliphatic rings. The second-order valence-corrected chi connectivity index (χ2v) is 19.6. The maximum atomic E-state index is 13.7. The van der Waals surface area contributed by atoms with Crippen molar-refractivity contribution >= 4 is 19.9 Å². The fourth-order valence-electron chi connectivity index (χ4n) is 6.81. The molecule has 2 heterocycles. The van der Waals surface area contributed by atoms with Gasteiger partial charge in [0.15, 0.2) is 9.84 Å². The van der Waals surface area contributed by atoms with Crippen LogP contribution in [-0.4, -0.2) is 98.8 Å². The van der Waals surface area contributed by atoms with Crippen molar-refractivity contribution in [1.82, 2.24) is 14.9 Å². The van der Waals surface area contributed by atoms with Crippen LogP contribution < -0.4 is 15.4 Å². The summed E-state index contributed by atoms with van der Waals surface area (Å²) in [5.74, 6) is 0.332. The van der Waals surface area contributed by atoms with Crippen LogP contribution in [0, 0.1) is 0 Å². The Kier molecular flexibility index (Phi) is 11.0. The lowest BCUT2D eigenvalue weighted by Gasteiger charge is -2.38. The highest BCUT2D eigenvalue weighted by molar-refractivity contribution is 7.93. The van der Waals surface area contributed by atoms with Crippen LogP contribution in [-0.2, 0) is 31.1 Å². The number of aliphatic hydroxyl groups is 2. The molecule has 6 rings (SSSR count). The third kappa shape index (κ3) is 8.68. The number of nitrogens with one attached hydrogen (secondary N) is 2. The molecule has 0 amide bonds. The van der Waals surface area contributed by atoms with Crippen LogP contribution in [0.3, 0.4) is 0 Å². The summed E-state index contributed by atoms with van der Waals surface area (Å²) in [4.78, 5) is 0.383. The zero-order valence-corrected chi connectivity index (χ0v) is 31.3. The van der Waals surface area contributed by atoms with Crippen molar-refractivity contribution in [1.29, 1.82) is 0 Å². The summed E-state index contributed by atoms with van der Waals surface area (Å²) in [6.07, 6.45) is 1.89. The molecule has 51 heavy (non-hydrogen) atoms. The number of sulfonamides is 1. The van der Waals surface area contributed by atoms with Crippen LogP contribution in [0.25, 0.3) is 11.1 Å². The van der Waals surface area contributed by atoms with E-state index in [9.17, 15) is 27.0 Å². The molecule has 2 atom stereocenters. The van der Waals surface area contributed by atoms with Gasteiger partial charge in [-0.15, -0.1) is 0 Å². The Hall–Kier alpha value is -2.88. The normalized spacial score (nSPS) is 21.1. The summed E-state index contributed by atoms with van der Waals surface area (Å²) in [6.45, 7) is 8.14. The first kappa shape index (κ1) is 37.9. The van der Waals surface area contributed by atoms with Crippen molar-refractivity contribution in [2.45, 2.75) is 97.2 Å². The molecule has 1 aliphatic carbocycles. The van der Waals surface area contributed by atoms with Crippen molar-refractivity contribution in [2.75, 3.05) is 39.5 Å². The molecule has 13 heteroatoms. The molecule has 2 saturated heterocycles. The van der Waals surface area contributed by atoms with Gasteiger partial charge in [-0.05, 0) is 99.9 Å². The van der Waals surface area contributed by atoms with Gasteiger partial charge < -0.3 is 30.3 Å². The predicted octanol–water partition coefficient (Wildman–Crippen LogP) is 3.88. The molecule has 3 aromatic rings. The van der Waals surface area contributed by atoms with Crippen molar-refractivity contribution < 1.29 is 36.5 Å². The summed E-state index contributed by atoms with van der Waals surface area (Å²) in [5, 5.41) is 27.0. The zero-order valence-electron chi connectivity index (χ0n) is 29.7. The van der Waals surface area contributed by atoms with Gasteiger partial charge in [-0.3, -0.25) is 0 Å². The SMILES string of the molecule is CC(C)(C)NCc1ccc(-c2cccc(S(=O)(=O)N3CCC4(CC3)C[C@H](NC[C@H](O)COc3cccc(S(=O)(=O)C5(CO)CC5)c3)CO4)c2)cc1. The van der Waals surface area contributed by atoms with Crippen molar-refractivity contribution in [3.8, 4) is 16.9 Å². The van der Waals surface area contributed by atoms with E-state index in [2.05, 4.69) is 43.5 Å². The smallest absolute Gasteiger partial charge is 0.243 e. The monoisotopic (exact) mass is 741 g/mol. The van der Waals surface area contributed by atoms with Gasteiger partial charge in [-0.1, -0.05) is 42.5 Å². The number of hydrogen-bond donors (Lipinski definition) is 4. The number of sulfone groups is 1. The molecule has 278 valence electrons. The molecule has 0 aromatic heterocycles. The van der Waals surface area contributed by atoms with E-state index in [1.165, 1.54) is 12.1 Å². The molecule has 3 fully saturated rings. The van der Waals surface area contributed by atoms with Gasteiger partial charge in [-0.25, -0.2) is 16.8 Å². The maximum absolute atomic E-state index is 13.7. The Bertz CT molecular complexity index is 1880. The minimum atomic E-state index is -3.69. The Balaban J connectivity index is 0.968. The lowest BCUT2D eigenvalue weighted by Crippen LogP contribution is -2.47. The zero-order chi connectivity index (χ0) is 36.5. The van der Waals surface area contributed by atoms with Crippen LogP contribution >= 0.6 is 0 Å². The van der Waals surface area contributed by atoms with Crippen molar-refractivity contribution in [3.63, 3.8) is 0 Å². The second kappa shape index (κ2) is 14.9. The van der Waals surface area contributed by atoms with Gasteiger partial charge in [0.25, 0.3) is 0 Å². The average Bonchev–Trinajstić information content (AvgIpc) is 3.85. The standard InChI is InChI=1S/C38H51N3O8S2/c1-36(2,3)40-23-28-10-12-29(13-11-28)30-6-4-9-35(20-30)51(46,47)41-18-16-37(17-19-41)22-31(25-49-37)39-24-32(43)26-48-33-7-5-8-34(21-33)50(44,45)38(27-42)14-15-38/h4-13,20-21,31-32,39-40,42-43H,14-19,22-27H2,1-3H3/t31-,32-/m0/s1. The van der Waals surface area contributed by atoms with Crippen molar-refractivity contribution in [3.05, 3.63) is 78.4 Å². The molecule has 2 aliphatic heterocycles. The van der Waals surface area contributed by atoms with Crippen LogP contribution in [0.15, 0.2) is 82.6 Å². The number of rotatable bonds is 14. The molecule has 4 N–H and O–H groups in total. The van der Waals surface area contributed by atoms with Gasteiger partial charge in [0, 0.05) is 37.8 Å². The summed E-state index contributed by atoms with van der Waals surface area (Å²) in [7, 11) is -7.37. The molecule has 0 radical (unpaired) electrons. The summed E-state index contributed by atoms with van der Waals surface area (Å²) in [6, 6.07) is 21.5. The molecule has 3 aromatic carbocycles. The fraction of sp³-hybridized carbons (Fsp3) is 0.526. The van der Waals surface area contributed by atoms with E-state index in [0.717, 1.165) is 23.2 Å². The highest BCUT2D eigenvalue weighted by Crippen LogP contribution is 2.46. The molecule has 0 unspecified atom stereocenters. The molecular formula is C38H51N3O8S2. The highest BCUT2D eigenvalue weighted by Gasteiger charge is 2.54. The van der Waals surface area contributed by atoms with Crippen molar-refractivity contribution in [2.24, 2.45) is 0 Å². The first-order valence-corrected chi connectivity index (χ1v) is 20.6. The largest absolute Gasteiger partial charge is 0.491 e. The quantitative estimate of drug-likeness (QED) is 0.192. The van der Waals surface area contributed by atoms with E-state index < -0.39 is 42.9 Å². The first-order valence-electron chi connectivity index (χ1n) is 17.7. The Morgan fingerprint density at radius 2 is 1.61 bits per heavy atom. The lowest BCUT2D eigenvalue weighted by molar-refractivity contribution is -0.0312. The molecule has 1 spiro atoms. The van der Waals surface area contributed by atoms with Gasteiger partial charge in [0.05, 0.1) is 33.4 Å². The number of benzene rings is 3. The third-order valence-corrected chi connectivity index (χ3v) is 14.7. The van der Waals surface area contributed by atoms with E-state index in [1.807, 2.05) is 18.2 Å². The van der Waals surface area contributed by atoms with E-state index >= 15 is 0 Å². The molecule has 1 saturated carbocycles. The number of aliphatic hydroxyl groups excluding tert-OH is 2. The summed E-state index contributed by atoms with van der Waals surface area (Å²) in [5.41, 5.74) is 2.58. The number of hydrogen-bond acceptors (Lipinski definition) is 10. The topological polar surface area (TPSA) is 154 Å². The predicted molar refractivity (Wildman–Crippen MR) is 196 cm³/mol. The van der Waals surface area contributed by atoms with Gasteiger partial charge in [0.1, 0.15) is 18.5 Å². The van der Waals surface area contributed by atoms with Gasteiger partial charge in [0.2, 0.25) is 10.0 Å². The van der Waals surface area contributed by atoms with Crippen LogP contribution in [0.1, 0.15) is 58.4 Å². The van der Waals surface area contributed by atoms with Crippen LogP contribution in [0.2, 0.25) is 0 Å². The summed E-state index contributed by atoms with van der Waals surface area (Å²) < 4.78 is 65.8.